The first kappa shape index (κ1) is 21.3. The van der Waals surface area contributed by atoms with E-state index in [1.54, 1.807) is 0 Å². The minimum absolute atomic E-state index is 0.207. The fourth-order valence-electron chi connectivity index (χ4n) is 7.30. The van der Waals surface area contributed by atoms with Gasteiger partial charge >= 0.3 is 0 Å². The van der Waals surface area contributed by atoms with Gasteiger partial charge < -0.3 is 5.11 Å². The molecule has 0 spiro atoms. The van der Waals surface area contributed by atoms with Crippen LogP contribution in [0.1, 0.15) is 88.0 Å². The van der Waals surface area contributed by atoms with Crippen molar-refractivity contribution in [3.8, 4) is 0 Å². The molecule has 1 N–H and O–H groups in total. The molecule has 0 aromatic rings. The Morgan fingerprint density at radius 1 is 0.852 bits per heavy atom. The maximum Gasteiger partial charge on any atom is 0.138 e. The molecule has 0 aromatic heterocycles. The lowest BCUT2D eigenvalue weighted by Gasteiger charge is -2.49. The minimum atomic E-state index is -0.431. The van der Waals surface area contributed by atoms with Gasteiger partial charge in [-0.25, -0.2) is 0 Å². The van der Waals surface area contributed by atoms with E-state index in [1.807, 2.05) is 0 Å². The Balaban J connectivity index is 1.68. The molecule has 0 saturated heterocycles. The number of Topliss-reactive ketones (excluding diaryl/α,β-unsaturated/α-hetero) is 1. The van der Waals surface area contributed by atoms with Gasteiger partial charge in [0.1, 0.15) is 5.78 Å². The van der Waals surface area contributed by atoms with Crippen LogP contribution in [0.15, 0.2) is 0 Å². The van der Waals surface area contributed by atoms with E-state index < -0.39 is 6.10 Å². The topological polar surface area (TPSA) is 37.3 Å². The quantitative estimate of drug-likeness (QED) is 0.656. The molecule has 3 saturated carbocycles. The average molecular weight is 377 g/mol. The summed E-state index contributed by atoms with van der Waals surface area (Å²) in [5.41, 5.74) is 0.791. The van der Waals surface area contributed by atoms with Crippen molar-refractivity contribution in [2.24, 2.45) is 57.7 Å². The van der Waals surface area contributed by atoms with Gasteiger partial charge in [0.05, 0.1) is 6.10 Å². The molecule has 8 atom stereocenters. The maximum atomic E-state index is 12.8. The lowest BCUT2D eigenvalue weighted by molar-refractivity contribution is -0.124. The highest BCUT2D eigenvalue weighted by Gasteiger charge is 2.60. The van der Waals surface area contributed by atoms with Crippen LogP contribution in [0.3, 0.4) is 0 Å². The summed E-state index contributed by atoms with van der Waals surface area (Å²) in [5.74, 6) is 4.06. The monoisotopic (exact) mass is 376 g/mol. The first-order valence-electron chi connectivity index (χ1n) is 11.3. The van der Waals surface area contributed by atoms with Crippen LogP contribution in [-0.2, 0) is 4.79 Å². The Morgan fingerprint density at radius 2 is 1.41 bits per heavy atom. The molecule has 2 bridgehead atoms. The van der Waals surface area contributed by atoms with Gasteiger partial charge in [0.15, 0.2) is 0 Å². The van der Waals surface area contributed by atoms with E-state index in [1.165, 1.54) is 6.42 Å². The molecule has 156 valence electrons. The molecule has 3 aliphatic rings. The number of fused-ring (bicyclic) bond motifs is 2. The third-order valence-corrected chi connectivity index (χ3v) is 8.28. The predicted octanol–water partition coefficient (Wildman–Crippen LogP) is 5.97. The van der Waals surface area contributed by atoms with E-state index in [2.05, 4.69) is 62.3 Å². The Labute approximate surface area is 167 Å². The summed E-state index contributed by atoms with van der Waals surface area (Å²) >= 11 is 0. The fraction of sp³-hybridized carbons (Fsp3) is 0.960. The highest BCUT2D eigenvalue weighted by Crippen LogP contribution is 2.65. The van der Waals surface area contributed by atoms with E-state index >= 15 is 0 Å². The number of hydrogen-bond acceptors (Lipinski definition) is 2. The van der Waals surface area contributed by atoms with Crippen molar-refractivity contribution in [2.45, 2.75) is 94.1 Å². The molecule has 0 heterocycles. The zero-order valence-corrected chi connectivity index (χ0v) is 19.3. The molecule has 3 aliphatic carbocycles. The van der Waals surface area contributed by atoms with Crippen LogP contribution < -0.4 is 0 Å². The number of carbonyl (C=O) groups excluding carboxylic acids is 1. The van der Waals surface area contributed by atoms with Crippen LogP contribution in [0.2, 0.25) is 0 Å². The first-order chi connectivity index (χ1) is 12.1. The molecule has 0 aliphatic heterocycles. The van der Waals surface area contributed by atoms with Crippen molar-refractivity contribution in [1.82, 2.24) is 0 Å². The number of hydrogen-bond donors (Lipinski definition) is 1. The first-order valence-corrected chi connectivity index (χ1v) is 11.3. The predicted molar refractivity (Wildman–Crippen MR) is 112 cm³/mol. The van der Waals surface area contributed by atoms with Gasteiger partial charge in [-0.05, 0) is 71.0 Å². The minimum Gasteiger partial charge on any atom is -0.392 e. The molecule has 3 fully saturated rings. The number of aliphatic hydroxyl groups excluding tert-OH is 1. The van der Waals surface area contributed by atoms with Crippen LogP contribution >= 0.6 is 0 Å². The molecule has 2 nitrogen and oxygen atoms in total. The standard InChI is InChI=1S/C25H44O2/c1-23(2,3)18-12-17(18)20(27)13-19(26)15-10-14-11-16(15)22(25(7,8)9)21(14)24(4,5)6/h14-19,21-22,26H,10-13H2,1-9H3. The van der Waals surface area contributed by atoms with Crippen molar-refractivity contribution in [3.63, 3.8) is 0 Å². The van der Waals surface area contributed by atoms with E-state index in [-0.39, 0.29) is 16.7 Å². The number of rotatable bonds is 4. The second-order valence-electron chi connectivity index (χ2n) is 13.4. The van der Waals surface area contributed by atoms with Gasteiger partial charge in [0, 0.05) is 12.3 Å². The second kappa shape index (κ2) is 6.57. The summed E-state index contributed by atoms with van der Waals surface area (Å²) in [6.07, 6.45) is 3.37. The number of aliphatic hydroxyl groups is 1. The summed E-state index contributed by atoms with van der Waals surface area (Å²) in [6, 6.07) is 0. The molecule has 0 radical (unpaired) electrons. The molecular formula is C25H44O2. The number of ketones is 1. The normalized spacial score (nSPS) is 40.3. The fourth-order valence-corrected chi connectivity index (χ4v) is 7.30. The molecule has 2 heteroatoms. The second-order valence-corrected chi connectivity index (χ2v) is 13.4. The van der Waals surface area contributed by atoms with Crippen molar-refractivity contribution >= 4 is 5.78 Å². The molecule has 27 heavy (non-hydrogen) atoms. The van der Waals surface area contributed by atoms with E-state index in [0.717, 1.165) is 24.7 Å². The van der Waals surface area contributed by atoms with Gasteiger partial charge in [-0.1, -0.05) is 62.3 Å². The van der Waals surface area contributed by atoms with Crippen LogP contribution in [0.5, 0.6) is 0 Å². The Kier molecular flexibility index (Phi) is 5.20. The summed E-state index contributed by atoms with van der Waals surface area (Å²) in [5, 5.41) is 11.1. The Morgan fingerprint density at radius 3 is 1.85 bits per heavy atom. The van der Waals surface area contributed by atoms with Crippen LogP contribution in [0.4, 0.5) is 0 Å². The molecular weight excluding hydrogens is 332 g/mol. The third-order valence-electron chi connectivity index (χ3n) is 8.28. The zero-order valence-electron chi connectivity index (χ0n) is 19.3. The highest BCUT2D eigenvalue weighted by molar-refractivity contribution is 5.84. The van der Waals surface area contributed by atoms with E-state index in [4.69, 9.17) is 0 Å². The van der Waals surface area contributed by atoms with Crippen molar-refractivity contribution < 1.29 is 9.90 Å². The molecule has 0 aromatic carbocycles. The highest BCUT2D eigenvalue weighted by atomic mass is 16.3. The Hall–Kier alpha value is -0.370. The number of carbonyl (C=O) groups is 1. The van der Waals surface area contributed by atoms with Gasteiger partial charge in [-0.3, -0.25) is 4.79 Å². The van der Waals surface area contributed by atoms with Gasteiger partial charge in [0.2, 0.25) is 0 Å². The molecule has 8 unspecified atom stereocenters. The van der Waals surface area contributed by atoms with E-state index in [0.29, 0.717) is 41.3 Å². The van der Waals surface area contributed by atoms with Crippen molar-refractivity contribution in [1.29, 1.82) is 0 Å². The van der Waals surface area contributed by atoms with Crippen LogP contribution in [0, 0.1) is 57.7 Å². The zero-order chi connectivity index (χ0) is 20.5. The average Bonchev–Trinajstić information content (AvgIpc) is 3.06. The van der Waals surface area contributed by atoms with Crippen LogP contribution in [-0.4, -0.2) is 17.0 Å². The van der Waals surface area contributed by atoms with Gasteiger partial charge in [-0.15, -0.1) is 0 Å². The van der Waals surface area contributed by atoms with E-state index in [9.17, 15) is 9.90 Å². The third kappa shape index (κ3) is 4.02. The molecule has 3 rings (SSSR count). The maximum absolute atomic E-state index is 12.8. The lowest BCUT2D eigenvalue weighted by Crippen LogP contribution is -2.45. The molecule has 0 amide bonds. The van der Waals surface area contributed by atoms with Crippen LogP contribution in [0.25, 0.3) is 0 Å². The SMILES string of the molecule is CC(C)(C)C1CC1C(=O)CC(O)C1CC2CC1C(C(C)(C)C)C2C(C)(C)C. The smallest absolute Gasteiger partial charge is 0.138 e. The van der Waals surface area contributed by atoms with Crippen molar-refractivity contribution in [2.75, 3.05) is 0 Å². The lowest BCUT2D eigenvalue weighted by atomic mass is 9.56. The van der Waals surface area contributed by atoms with Gasteiger partial charge in [-0.2, -0.15) is 0 Å². The summed E-state index contributed by atoms with van der Waals surface area (Å²) in [7, 11) is 0. The Bertz CT molecular complexity index is 571. The van der Waals surface area contributed by atoms with Gasteiger partial charge in [0.25, 0.3) is 0 Å². The summed E-state index contributed by atoms with van der Waals surface area (Å²) < 4.78 is 0. The summed E-state index contributed by atoms with van der Waals surface area (Å²) in [6.45, 7) is 21.0. The van der Waals surface area contributed by atoms with Crippen molar-refractivity contribution in [3.05, 3.63) is 0 Å². The largest absolute Gasteiger partial charge is 0.392 e. The summed E-state index contributed by atoms with van der Waals surface area (Å²) in [4.78, 5) is 12.8.